The lowest BCUT2D eigenvalue weighted by molar-refractivity contribution is -0.430. The number of nitrogens with zero attached hydrogens (tertiary/aromatic N) is 3. The number of nitro groups is 1. The fourth-order valence-electron chi connectivity index (χ4n) is 2.15. The molecular formula is C13H16ClN5O2. The first-order valence-corrected chi connectivity index (χ1v) is 6.88. The molecule has 4 N–H and O–H groups in total. The molecule has 1 aliphatic carbocycles. The zero-order chi connectivity index (χ0) is 15.6. The standard InChI is InChI=1S/C13H16ClN5O2/c1-2-3-8-6-11(14)18-12(17-8)13(16)5-4-9(15)10(7-13)19(20)21/h4-6H,2-3,7,15-16H2,1H3. The Bertz CT molecular complexity index is 643. The molecule has 0 aromatic carbocycles. The smallest absolute Gasteiger partial charge is 0.271 e. The van der Waals surface area contributed by atoms with E-state index in [0.29, 0.717) is 0 Å². The quantitative estimate of drug-likeness (QED) is 0.495. The molecule has 7 nitrogen and oxygen atoms in total. The van der Waals surface area contributed by atoms with Crippen molar-refractivity contribution >= 4 is 11.6 Å². The molecule has 112 valence electrons. The molecule has 0 amide bonds. The maximum absolute atomic E-state index is 11.0. The summed E-state index contributed by atoms with van der Waals surface area (Å²) in [5.74, 6) is 0.265. The van der Waals surface area contributed by atoms with Crippen LogP contribution in [0.25, 0.3) is 0 Å². The van der Waals surface area contributed by atoms with Gasteiger partial charge in [0.05, 0.1) is 11.3 Å². The number of aryl methyl sites for hydroxylation is 1. The first-order valence-electron chi connectivity index (χ1n) is 6.51. The Morgan fingerprint density at radius 1 is 1.52 bits per heavy atom. The summed E-state index contributed by atoms with van der Waals surface area (Å²) in [6, 6.07) is 1.67. The maximum Gasteiger partial charge on any atom is 0.271 e. The Hall–Kier alpha value is -1.99. The van der Waals surface area contributed by atoms with Crippen LogP contribution in [-0.4, -0.2) is 14.9 Å². The Kier molecular flexibility index (Phi) is 4.24. The Labute approximate surface area is 126 Å². The third kappa shape index (κ3) is 3.20. The summed E-state index contributed by atoms with van der Waals surface area (Å²) in [6.07, 6.45) is 4.55. The molecule has 0 spiro atoms. The maximum atomic E-state index is 11.0. The lowest BCUT2D eigenvalue weighted by Gasteiger charge is -2.26. The van der Waals surface area contributed by atoms with Crippen molar-refractivity contribution < 1.29 is 4.92 Å². The highest BCUT2D eigenvalue weighted by molar-refractivity contribution is 6.29. The van der Waals surface area contributed by atoms with Gasteiger partial charge in [0.25, 0.3) is 5.70 Å². The average molecular weight is 310 g/mol. The van der Waals surface area contributed by atoms with E-state index in [1.165, 1.54) is 6.08 Å². The summed E-state index contributed by atoms with van der Waals surface area (Å²) >= 11 is 5.99. The van der Waals surface area contributed by atoms with Gasteiger partial charge in [-0.05, 0) is 18.6 Å². The average Bonchev–Trinajstić information content (AvgIpc) is 2.41. The van der Waals surface area contributed by atoms with Crippen molar-refractivity contribution in [2.75, 3.05) is 0 Å². The molecule has 1 unspecified atom stereocenters. The van der Waals surface area contributed by atoms with Crippen molar-refractivity contribution in [3.63, 3.8) is 0 Å². The predicted molar refractivity (Wildman–Crippen MR) is 78.9 cm³/mol. The van der Waals surface area contributed by atoms with Gasteiger partial charge in [0, 0.05) is 5.69 Å². The third-order valence-corrected chi connectivity index (χ3v) is 3.44. The summed E-state index contributed by atoms with van der Waals surface area (Å²) in [4.78, 5) is 19.0. The van der Waals surface area contributed by atoms with Gasteiger partial charge in [-0.3, -0.25) is 10.1 Å². The van der Waals surface area contributed by atoms with Crippen LogP contribution in [0.4, 0.5) is 0 Å². The molecule has 8 heteroatoms. The number of halogens is 1. The van der Waals surface area contributed by atoms with Crippen LogP contribution < -0.4 is 11.5 Å². The number of rotatable bonds is 4. The molecule has 1 heterocycles. The van der Waals surface area contributed by atoms with Crippen molar-refractivity contribution in [2.45, 2.75) is 31.7 Å². The molecule has 21 heavy (non-hydrogen) atoms. The first-order chi connectivity index (χ1) is 9.85. The van der Waals surface area contributed by atoms with E-state index in [4.69, 9.17) is 23.1 Å². The van der Waals surface area contributed by atoms with E-state index in [2.05, 4.69) is 9.97 Å². The second kappa shape index (κ2) is 5.79. The zero-order valence-corrected chi connectivity index (χ0v) is 12.3. The Balaban J connectivity index is 2.42. The Morgan fingerprint density at radius 2 is 2.24 bits per heavy atom. The van der Waals surface area contributed by atoms with Crippen LogP contribution in [0.1, 0.15) is 31.3 Å². The molecule has 1 aliphatic rings. The van der Waals surface area contributed by atoms with Gasteiger partial charge in [0.1, 0.15) is 16.4 Å². The summed E-state index contributed by atoms with van der Waals surface area (Å²) in [6.45, 7) is 2.02. The molecule has 0 radical (unpaired) electrons. The fraction of sp³-hybridized carbons (Fsp3) is 0.385. The normalized spacial score (nSPS) is 21.7. The van der Waals surface area contributed by atoms with Gasteiger partial charge in [-0.2, -0.15) is 0 Å². The summed E-state index contributed by atoms with van der Waals surface area (Å²) < 4.78 is 0. The summed E-state index contributed by atoms with van der Waals surface area (Å²) in [7, 11) is 0. The number of hydrogen-bond donors (Lipinski definition) is 2. The van der Waals surface area contributed by atoms with Crippen LogP contribution in [0.5, 0.6) is 0 Å². The van der Waals surface area contributed by atoms with Crippen LogP contribution >= 0.6 is 11.6 Å². The van der Waals surface area contributed by atoms with Gasteiger partial charge in [-0.1, -0.05) is 31.0 Å². The van der Waals surface area contributed by atoms with E-state index in [0.717, 1.165) is 18.5 Å². The molecule has 0 fully saturated rings. The topological polar surface area (TPSA) is 121 Å². The minimum atomic E-state index is -1.18. The SMILES string of the molecule is CCCc1cc(Cl)nc(C2(N)C=CC(N)=C([N+](=O)[O-])C2)n1. The molecule has 1 atom stereocenters. The van der Waals surface area contributed by atoms with E-state index in [1.54, 1.807) is 12.1 Å². The third-order valence-electron chi connectivity index (χ3n) is 3.24. The van der Waals surface area contributed by atoms with Gasteiger partial charge in [0.15, 0.2) is 5.82 Å². The lowest BCUT2D eigenvalue weighted by atomic mass is 9.88. The first kappa shape index (κ1) is 15.4. The molecule has 1 aromatic rings. The van der Waals surface area contributed by atoms with Crippen molar-refractivity contribution in [1.82, 2.24) is 9.97 Å². The van der Waals surface area contributed by atoms with Crippen molar-refractivity contribution in [3.8, 4) is 0 Å². The zero-order valence-electron chi connectivity index (χ0n) is 11.5. The second-order valence-corrected chi connectivity index (χ2v) is 5.35. The number of nitrogens with two attached hydrogens (primary N) is 2. The van der Waals surface area contributed by atoms with Crippen molar-refractivity contribution in [1.29, 1.82) is 0 Å². The molecule has 0 bridgehead atoms. The van der Waals surface area contributed by atoms with Gasteiger partial charge >= 0.3 is 0 Å². The number of aromatic nitrogens is 2. The minimum absolute atomic E-state index is 0.0752. The van der Waals surface area contributed by atoms with Crippen molar-refractivity contribution in [3.05, 3.63) is 56.4 Å². The predicted octanol–water partition coefficient (Wildman–Crippen LogP) is 1.64. The molecule has 0 saturated heterocycles. The summed E-state index contributed by atoms with van der Waals surface area (Å²) in [5, 5.41) is 11.3. The van der Waals surface area contributed by atoms with Crippen molar-refractivity contribution in [2.24, 2.45) is 11.5 Å². The lowest BCUT2D eigenvalue weighted by Crippen LogP contribution is -2.40. The van der Waals surface area contributed by atoms with Crippen LogP contribution in [0.3, 0.4) is 0 Å². The van der Waals surface area contributed by atoms with E-state index in [9.17, 15) is 10.1 Å². The monoisotopic (exact) mass is 309 g/mol. The fourth-order valence-corrected chi connectivity index (χ4v) is 2.36. The van der Waals surface area contributed by atoms with E-state index in [1.807, 2.05) is 6.92 Å². The molecule has 0 aliphatic heterocycles. The van der Waals surface area contributed by atoms with Crippen LogP contribution in [0.15, 0.2) is 29.6 Å². The molecular weight excluding hydrogens is 294 g/mol. The highest BCUT2D eigenvalue weighted by Crippen LogP contribution is 2.31. The number of hydrogen-bond acceptors (Lipinski definition) is 6. The van der Waals surface area contributed by atoms with Crippen LogP contribution in [0.2, 0.25) is 5.15 Å². The van der Waals surface area contributed by atoms with Gasteiger partial charge in [-0.25, -0.2) is 9.97 Å². The molecule has 0 saturated carbocycles. The van der Waals surface area contributed by atoms with Gasteiger partial charge < -0.3 is 11.5 Å². The van der Waals surface area contributed by atoms with Crippen LogP contribution in [-0.2, 0) is 12.0 Å². The molecule has 2 rings (SSSR count). The Morgan fingerprint density at radius 3 is 2.86 bits per heavy atom. The van der Waals surface area contributed by atoms with E-state index < -0.39 is 10.5 Å². The minimum Gasteiger partial charge on any atom is -0.393 e. The largest absolute Gasteiger partial charge is 0.393 e. The van der Waals surface area contributed by atoms with E-state index in [-0.39, 0.29) is 28.8 Å². The second-order valence-electron chi connectivity index (χ2n) is 4.97. The molecule has 1 aromatic heterocycles. The van der Waals surface area contributed by atoms with E-state index >= 15 is 0 Å². The number of allylic oxidation sites excluding steroid dienone is 1. The van der Waals surface area contributed by atoms with Crippen LogP contribution in [0, 0.1) is 10.1 Å². The highest BCUT2D eigenvalue weighted by Gasteiger charge is 2.37. The summed E-state index contributed by atoms with van der Waals surface area (Å²) in [5.41, 5.74) is 11.4. The van der Waals surface area contributed by atoms with Gasteiger partial charge in [0.2, 0.25) is 0 Å². The highest BCUT2D eigenvalue weighted by atomic mass is 35.5. The van der Waals surface area contributed by atoms with Gasteiger partial charge in [-0.15, -0.1) is 0 Å².